The normalized spacial score (nSPS) is 30.0. The van der Waals surface area contributed by atoms with Crippen molar-refractivity contribution in [3.8, 4) is 11.5 Å². The first-order valence-corrected chi connectivity index (χ1v) is 10.3. The second kappa shape index (κ2) is 8.45. The van der Waals surface area contributed by atoms with Crippen molar-refractivity contribution in [2.75, 3.05) is 39.3 Å². The van der Waals surface area contributed by atoms with E-state index in [1.165, 1.54) is 0 Å². The van der Waals surface area contributed by atoms with E-state index in [0.717, 1.165) is 31.5 Å². The van der Waals surface area contributed by atoms with Crippen LogP contribution >= 0.6 is 0 Å². The van der Waals surface area contributed by atoms with E-state index in [9.17, 15) is 4.39 Å². The fraction of sp³-hybridized carbons (Fsp3) is 0.619. The number of allylic oxidation sites excluding steroid dienone is 1. The molecule has 0 amide bonds. The topological polar surface area (TPSA) is 57.8 Å². The summed E-state index contributed by atoms with van der Waals surface area (Å²) in [4.78, 5) is 2.21. The molecule has 0 radical (unpaired) electrons. The first-order valence-electron chi connectivity index (χ1n) is 10.3. The number of hydrogen-bond donors (Lipinski definition) is 3. The van der Waals surface area contributed by atoms with Gasteiger partial charge in [0.25, 0.3) is 0 Å². The van der Waals surface area contributed by atoms with Gasteiger partial charge in [-0.15, -0.1) is 0 Å². The molecule has 1 aromatic carbocycles. The van der Waals surface area contributed by atoms with E-state index >= 15 is 4.39 Å². The van der Waals surface area contributed by atoms with Gasteiger partial charge in [0, 0.05) is 24.7 Å². The van der Waals surface area contributed by atoms with Crippen molar-refractivity contribution in [3.05, 3.63) is 23.5 Å². The van der Waals surface area contributed by atoms with Crippen LogP contribution in [-0.2, 0) is 0 Å². The zero-order valence-electron chi connectivity index (χ0n) is 17.2. The first-order chi connectivity index (χ1) is 14.0. The van der Waals surface area contributed by atoms with Crippen molar-refractivity contribution in [2.45, 2.75) is 50.6 Å². The predicted octanol–water partition coefficient (Wildman–Crippen LogP) is 2.71. The van der Waals surface area contributed by atoms with Gasteiger partial charge in [0.2, 0.25) is 6.79 Å². The molecule has 1 aromatic rings. The summed E-state index contributed by atoms with van der Waals surface area (Å²) in [5, 5.41) is 9.46. The summed E-state index contributed by atoms with van der Waals surface area (Å²) in [7, 11) is 3.81. The Bertz CT molecular complexity index is 788. The Morgan fingerprint density at radius 1 is 1.31 bits per heavy atom. The minimum absolute atomic E-state index is 0.0858. The van der Waals surface area contributed by atoms with Gasteiger partial charge in [-0.2, -0.15) is 0 Å². The van der Waals surface area contributed by atoms with E-state index in [0.29, 0.717) is 29.2 Å². The monoisotopic (exact) mass is 408 g/mol. The van der Waals surface area contributed by atoms with Crippen LogP contribution in [0, 0.1) is 5.82 Å². The van der Waals surface area contributed by atoms with E-state index in [4.69, 9.17) is 9.47 Å². The molecular formula is C21H30F2N4O2. The molecule has 3 N–H and O–H groups in total. The molecule has 3 heterocycles. The molecule has 0 aliphatic carbocycles. The average molecular weight is 408 g/mol. The van der Waals surface area contributed by atoms with Crippen molar-refractivity contribution in [1.82, 2.24) is 15.5 Å². The van der Waals surface area contributed by atoms with Gasteiger partial charge < -0.3 is 25.0 Å². The van der Waals surface area contributed by atoms with Gasteiger partial charge >= 0.3 is 0 Å². The summed E-state index contributed by atoms with van der Waals surface area (Å²) in [5.41, 5.74) is 1.77. The molecule has 4 rings (SSSR count). The number of fused-ring (bicyclic) bond motifs is 1. The number of halogens is 2. The van der Waals surface area contributed by atoms with Crippen LogP contribution in [0.25, 0.3) is 5.57 Å². The zero-order valence-corrected chi connectivity index (χ0v) is 17.2. The number of ether oxygens (including phenoxy) is 2. The number of anilines is 1. The Balaban J connectivity index is 1.65. The lowest BCUT2D eigenvalue weighted by molar-refractivity contribution is 0.143. The number of likely N-dealkylation sites (N-methyl/N-ethyl adjacent to an activating group) is 1. The fourth-order valence-electron chi connectivity index (χ4n) is 4.41. The lowest BCUT2D eigenvalue weighted by atomic mass is 9.95. The summed E-state index contributed by atoms with van der Waals surface area (Å²) in [6.07, 6.45) is 3.06. The second-order valence-corrected chi connectivity index (χ2v) is 8.17. The van der Waals surface area contributed by atoms with Crippen molar-refractivity contribution < 1.29 is 18.3 Å². The third-order valence-corrected chi connectivity index (χ3v) is 6.07. The smallest absolute Gasteiger partial charge is 0.231 e. The molecule has 0 saturated carbocycles. The third-order valence-electron chi connectivity index (χ3n) is 6.07. The Kier molecular flexibility index (Phi) is 5.94. The number of rotatable bonds is 4. The van der Waals surface area contributed by atoms with Gasteiger partial charge in [0.15, 0.2) is 17.3 Å². The molecule has 160 valence electrons. The fourth-order valence-corrected chi connectivity index (χ4v) is 4.41. The van der Waals surface area contributed by atoms with Crippen molar-refractivity contribution in [1.29, 1.82) is 0 Å². The number of piperidine rings is 1. The molecule has 4 unspecified atom stereocenters. The van der Waals surface area contributed by atoms with Crippen LogP contribution in [0.3, 0.4) is 0 Å². The zero-order chi connectivity index (χ0) is 20.5. The Morgan fingerprint density at radius 2 is 2.14 bits per heavy atom. The molecule has 8 heteroatoms. The highest BCUT2D eigenvalue weighted by atomic mass is 19.1. The van der Waals surface area contributed by atoms with Crippen LogP contribution in [0.2, 0.25) is 0 Å². The molecule has 3 aliphatic heterocycles. The molecular weight excluding hydrogens is 378 g/mol. The average Bonchev–Trinajstić information content (AvgIpc) is 3.05. The van der Waals surface area contributed by atoms with Crippen molar-refractivity contribution >= 4 is 11.3 Å². The molecule has 4 atom stereocenters. The van der Waals surface area contributed by atoms with Crippen LogP contribution in [0.4, 0.5) is 14.5 Å². The summed E-state index contributed by atoms with van der Waals surface area (Å²) >= 11 is 0. The Labute approximate surface area is 170 Å². The Morgan fingerprint density at radius 3 is 2.93 bits per heavy atom. The highest BCUT2D eigenvalue weighted by Gasteiger charge is 2.35. The molecule has 29 heavy (non-hydrogen) atoms. The van der Waals surface area contributed by atoms with Gasteiger partial charge in [-0.05, 0) is 52.4 Å². The molecule has 0 aromatic heterocycles. The minimum atomic E-state index is -0.997. The van der Waals surface area contributed by atoms with Gasteiger partial charge in [-0.1, -0.05) is 6.08 Å². The van der Waals surface area contributed by atoms with Gasteiger partial charge in [-0.25, -0.2) is 8.78 Å². The second-order valence-electron chi connectivity index (χ2n) is 8.17. The molecule has 3 aliphatic rings. The number of hydrogen-bond acceptors (Lipinski definition) is 6. The van der Waals surface area contributed by atoms with Gasteiger partial charge in [0.1, 0.15) is 6.17 Å². The SMILES string of the molecule is CNC1CC(Nc2cc3c(c(C4=CCN(C)CCC4)c2F)OCO3)NC(C)C1F. The third kappa shape index (κ3) is 4.06. The summed E-state index contributed by atoms with van der Waals surface area (Å²) in [5.74, 6) is 0.674. The number of alkyl halides is 1. The van der Waals surface area contributed by atoms with E-state index < -0.39 is 6.17 Å². The quantitative estimate of drug-likeness (QED) is 0.712. The number of nitrogens with zero attached hydrogens (tertiary/aromatic N) is 1. The highest BCUT2D eigenvalue weighted by Crippen LogP contribution is 2.45. The molecule has 6 nitrogen and oxygen atoms in total. The van der Waals surface area contributed by atoms with Crippen LogP contribution < -0.4 is 25.4 Å². The lowest BCUT2D eigenvalue weighted by Gasteiger charge is -2.38. The highest BCUT2D eigenvalue weighted by molar-refractivity contribution is 5.78. The van der Waals surface area contributed by atoms with Crippen LogP contribution in [-0.4, -0.2) is 63.3 Å². The molecule has 1 saturated heterocycles. The lowest BCUT2D eigenvalue weighted by Crippen LogP contribution is -2.59. The van der Waals surface area contributed by atoms with E-state index in [2.05, 4.69) is 34.0 Å². The van der Waals surface area contributed by atoms with Crippen LogP contribution in [0.5, 0.6) is 11.5 Å². The van der Waals surface area contributed by atoms with E-state index in [1.807, 2.05) is 0 Å². The molecule has 0 spiro atoms. The number of nitrogens with one attached hydrogen (secondary N) is 3. The van der Waals surface area contributed by atoms with Gasteiger partial charge in [0.05, 0.1) is 17.4 Å². The van der Waals surface area contributed by atoms with Crippen LogP contribution in [0.15, 0.2) is 12.1 Å². The predicted molar refractivity (Wildman–Crippen MR) is 110 cm³/mol. The standard InChI is InChI=1S/C21H30F2N4O2/c1-12-19(22)14(24-2)10-17(25-12)26-15-9-16-21(29-11-28-16)18(20(15)23)13-5-4-7-27(3)8-6-13/h6,9,12,14,17,19,24-26H,4-5,7-8,10-11H2,1-3H3. The minimum Gasteiger partial charge on any atom is -0.453 e. The molecule has 1 fully saturated rings. The van der Waals surface area contributed by atoms with E-state index in [1.54, 1.807) is 20.0 Å². The molecule has 0 bridgehead atoms. The maximum absolute atomic E-state index is 15.7. The number of benzene rings is 1. The Hall–Kier alpha value is -1.90. The van der Waals surface area contributed by atoms with Crippen molar-refractivity contribution in [3.63, 3.8) is 0 Å². The maximum Gasteiger partial charge on any atom is 0.231 e. The summed E-state index contributed by atoms with van der Waals surface area (Å²) < 4.78 is 41.2. The van der Waals surface area contributed by atoms with Crippen molar-refractivity contribution in [2.24, 2.45) is 0 Å². The van der Waals surface area contributed by atoms with E-state index in [-0.39, 0.29) is 30.9 Å². The van der Waals surface area contributed by atoms with Gasteiger partial charge in [-0.3, -0.25) is 5.32 Å². The first kappa shape index (κ1) is 20.4. The summed E-state index contributed by atoms with van der Waals surface area (Å²) in [6, 6.07) is 1.02. The largest absolute Gasteiger partial charge is 0.453 e. The van der Waals surface area contributed by atoms with Crippen LogP contribution in [0.1, 0.15) is 31.7 Å². The summed E-state index contributed by atoms with van der Waals surface area (Å²) in [6.45, 7) is 3.63. The maximum atomic E-state index is 15.7.